The first-order chi connectivity index (χ1) is 8.58. The second-order valence-corrected chi connectivity index (χ2v) is 4.41. The highest BCUT2D eigenvalue weighted by Gasteiger charge is 2.08. The first-order valence-corrected chi connectivity index (χ1v) is 5.88. The van der Waals surface area contributed by atoms with E-state index in [1.807, 2.05) is 19.1 Å². The average molecular weight is 261 g/mol. The maximum absolute atomic E-state index is 12.0. The van der Waals surface area contributed by atoms with E-state index in [0.29, 0.717) is 22.0 Å². The standard InChI is InChI=1S/C14H13ClN2O/c1-9-8-10(6-7-12(9)16)14(18)17-13-5-3-2-4-11(13)15/h2-8H,16H2,1H3,(H,17,18). The molecule has 2 aromatic rings. The Kier molecular flexibility index (Phi) is 3.53. The molecule has 3 N–H and O–H groups in total. The van der Waals surface area contributed by atoms with E-state index in [9.17, 15) is 4.79 Å². The van der Waals surface area contributed by atoms with Crippen LogP contribution in [0.2, 0.25) is 5.02 Å². The van der Waals surface area contributed by atoms with Crippen molar-refractivity contribution in [3.8, 4) is 0 Å². The molecule has 0 aromatic heterocycles. The Bertz CT molecular complexity index is 596. The number of carbonyl (C=O) groups excluding carboxylic acids is 1. The molecule has 4 heteroatoms. The molecule has 0 fully saturated rings. The fourth-order valence-corrected chi connectivity index (χ4v) is 1.76. The summed E-state index contributed by atoms with van der Waals surface area (Å²) in [6.07, 6.45) is 0. The summed E-state index contributed by atoms with van der Waals surface area (Å²) in [6.45, 7) is 1.86. The van der Waals surface area contributed by atoms with Crippen LogP contribution in [0.25, 0.3) is 0 Å². The Morgan fingerprint density at radius 2 is 1.94 bits per heavy atom. The molecule has 0 aliphatic heterocycles. The molecule has 0 saturated carbocycles. The van der Waals surface area contributed by atoms with Crippen molar-refractivity contribution in [2.24, 2.45) is 0 Å². The van der Waals surface area contributed by atoms with Gasteiger partial charge in [0.25, 0.3) is 5.91 Å². The van der Waals surface area contributed by atoms with Gasteiger partial charge in [-0.25, -0.2) is 0 Å². The molecule has 0 aliphatic rings. The molecule has 18 heavy (non-hydrogen) atoms. The average Bonchev–Trinajstić information content (AvgIpc) is 2.35. The minimum absolute atomic E-state index is 0.203. The van der Waals surface area contributed by atoms with Gasteiger partial charge in [-0.3, -0.25) is 4.79 Å². The number of nitrogens with one attached hydrogen (secondary N) is 1. The number of nitrogens with two attached hydrogens (primary N) is 1. The molecule has 1 amide bonds. The molecule has 0 atom stereocenters. The molecule has 0 unspecified atom stereocenters. The van der Waals surface area contributed by atoms with Crippen molar-refractivity contribution in [3.63, 3.8) is 0 Å². The molecule has 0 spiro atoms. The lowest BCUT2D eigenvalue weighted by Crippen LogP contribution is -2.12. The molecule has 92 valence electrons. The smallest absolute Gasteiger partial charge is 0.255 e. The Morgan fingerprint density at radius 1 is 1.22 bits per heavy atom. The van der Waals surface area contributed by atoms with Crippen LogP contribution < -0.4 is 11.1 Å². The van der Waals surface area contributed by atoms with Crippen LogP contribution in [0.5, 0.6) is 0 Å². The topological polar surface area (TPSA) is 55.1 Å². The van der Waals surface area contributed by atoms with E-state index in [-0.39, 0.29) is 5.91 Å². The number of hydrogen-bond acceptors (Lipinski definition) is 2. The van der Waals surface area contributed by atoms with Crippen LogP contribution in [0, 0.1) is 6.92 Å². The van der Waals surface area contributed by atoms with E-state index in [1.54, 1.807) is 30.3 Å². The van der Waals surface area contributed by atoms with Crippen LogP contribution in [0.1, 0.15) is 15.9 Å². The van der Waals surface area contributed by atoms with Gasteiger partial charge in [0, 0.05) is 11.3 Å². The molecule has 2 rings (SSSR count). The summed E-state index contributed by atoms with van der Waals surface area (Å²) in [4.78, 5) is 12.0. The summed E-state index contributed by atoms with van der Waals surface area (Å²) in [5.74, 6) is -0.203. The number of nitrogen functional groups attached to an aromatic ring is 1. The van der Waals surface area contributed by atoms with Crippen molar-refractivity contribution >= 4 is 28.9 Å². The SMILES string of the molecule is Cc1cc(C(=O)Nc2ccccc2Cl)ccc1N. The number of aryl methyl sites for hydroxylation is 1. The molecule has 0 aliphatic carbocycles. The normalized spacial score (nSPS) is 10.1. The van der Waals surface area contributed by atoms with Gasteiger partial charge in [-0.15, -0.1) is 0 Å². The number of para-hydroxylation sites is 1. The molecule has 2 aromatic carbocycles. The summed E-state index contributed by atoms with van der Waals surface area (Å²) in [6, 6.07) is 12.3. The monoisotopic (exact) mass is 260 g/mol. The molecular formula is C14H13ClN2O. The van der Waals surface area contributed by atoms with Gasteiger partial charge in [-0.1, -0.05) is 23.7 Å². The lowest BCUT2D eigenvalue weighted by molar-refractivity contribution is 0.102. The third-order valence-corrected chi connectivity index (χ3v) is 2.98. The second kappa shape index (κ2) is 5.10. The summed E-state index contributed by atoms with van der Waals surface area (Å²) >= 11 is 5.98. The van der Waals surface area contributed by atoms with Gasteiger partial charge < -0.3 is 11.1 Å². The molecule has 0 bridgehead atoms. The first kappa shape index (κ1) is 12.5. The summed E-state index contributed by atoms with van der Waals surface area (Å²) < 4.78 is 0. The highest BCUT2D eigenvalue weighted by Crippen LogP contribution is 2.21. The van der Waals surface area contributed by atoms with E-state index in [1.165, 1.54) is 0 Å². The van der Waals surface area contributed by atoms with E-state index in [2.05, 4.69) is 5.32 Å². The van der Waals surface area contributed by atoms with Crippen molar-refractivity contribution in [1.29, 1.82) is 0 Å². The van der Waals surface area contributed by atoms with Gasteiger partial charge in [-0.05, 0) is 42.8 Å². The minimum atomic E-state index is -0.203. The fraction of sp³-hybridized carbons (Fsp3) is 0.0714. The third kappa shape index (κ3) is 2.63. The molecular weight excluding hydrogens is 248 g/mol. The number of anilines is 2. The zero-order chi connectivity index (χ0) is 13.1. The molecule has 0 heterocycles. The van der Waals surface area contributed by atoms with E-state index in [4.69, 9.17) is 17.3 Å². The summed E-state index contributed by atoms with van der Waals surface area (Å²) in [5.41, 5.74) is 8.41. The maximum atomic E-state index is 12.0. The zero-order valence-electron chi connectivity index (χ0n) is 9.91. The van der Waals surface area contributed by atoms with Gasteiger partial charge in [0.1, 0.15) is 0 Å². The number of hydrogen-bond donors (Lipinski definition) is 2. The largest absolute Gasteiger partial charge is 0.399 e. The Labute approximate surface area is 111 Å². The Morgan fingerprint density at radius 3 is 2.61 bits per heavy atom. The van der Waals surface area contributed by atoms with Gasteiger partial charge in [-0.2, -0.15) is 0 Å². The van der Waals surface area contributed by atoms with Crippen molar-refractivity contribution in [1.82, 2.24) is 0 Å². The van der Waals surface area contributed by atoms with Crippen LogP contribution >= 0.6 is 11.6 Å². The van der Waals surface area contributed by atoms with E-state index < -0.39 is 0 Å². The molecule has 0 saturated heterocycles. The van der Waals surface area contributed by atoms with Crippen LogP contribution in [0.4, 0.5) is 11.4 Å². The van der Waals surface area contributed by atoms with Crippen molar-refractivity contribution in [3.05, 3.63) is 58.6 Å². The molecule has 3 nitrogen and oxygen atoms in total. The van der Waals surface area contributed by atoms with E-state index >= 15 is 0 Å². The van der Waals surface area contributed by atoms with E-state index in [0.717, 1.165) is 5.56 Å². The minimum Gasteiger partial charge on any atom is -0.399 e. The van der Waals surface area contributed by atoms with Crippen LogP contribution in [0.3, 0.4) is 0 Å². The van der Waals surface area contributed by atoms with Crippen LogP contribution in [-0.2, 0) is 0 Å². The Balaban J connectivity index is 2.22. The number of benzene rings is 2. The predicted octanol–water partition coefficient (Wildman–Crippen LogP) is 3.48. The van der Waals surface area contributed by atoms with Gasteiger partial charge in [0.15, 0.2) is 0 Å². The Hall–Kier alpha value is -2.00. The number of carbonyl (C=O) groups is 1. The first-order valence-electron chi connectivity index (χ1n) is 5.50. The highest BCUT2D eigenvalue weighted by atomic mass is 35.5. The predicted molar refractivity (Wildman–Crippen MR) is 75.0 cm³/mol. The highest BCUT2D eigenvalue weighted by molar-refractivity contribution is 6.33. The number of rotatable bonds is 2. The van der Waals surface area contributed by atoms with Gasteiger partial charge >= 0.3 is 0 Å². The fourth-order valence-electron chi connectivity index (χ4n) is 1.57. The lowest BCUT2D eigenvalue weighted by atomic mass is 10.1. The van der Waals surface area contributed by atoms with Crippen molar-refractivity contribution in [2.45, 2.75) is 6.92 Å². The summed E-state index contributed by atoms with van der Waals surface area (Å²) in [5, 5.41) is 3.27. The third-order valence-electron chi connectivity index (χ3n) is 2.65. The van der Waals surface area contributed by atoms with Crippen molar-refractivity contribution in [2.75, 3.05) is 11.1 Å². The zero-order valence-corrected chi connectivity index (χ0v) is 10.7. The van der Waals surface area contributed by atoms with Gasteiger partial charge in [0.05, 0.1) is 10.7 Å². The second-order valence-electron chi connectivity index (χ2n) is 4.01. The molecule has 0 radical (unpaired) electrons. The van der Waals surface area contributed by atoms with Crippen LogP contribution in [-0.4, -0.2) is 5.91 Å². The van der Waals surface area contributed by atoms with Crippen LogP contribution in [0.15, 0.2) is 42.5 Å². The van der Waals surface area contributed by atoms with Crippen molar-refractivity contribution < 1.29 is 4.79 Å². The number of amides is 1. The summed E-state index contributed by atoms with van der Waals surface area (Å²) in [7, 11) is 0. The lowest BCUT2D eigenvalue weighted by Gasteiger charge is -2.08. The maximum Gasteiger partial charge on any atom is 0.255 e. The van der Waals surface area contributed by atoms with Gasteiger partial charge in [0.2, 0.25) is 0 Å². The quantitative estimate of drug-likeness (QED) is 0.812. The number of halogens is 1.